The number of carbonyl (C=O) groups excluding carboxylic acids is 1. The molecule has 2 heterocycles. The van der Waals surface area contributed by atoms with Crippen molar-refractivity contribution in [1.29, 1.82) is 0 Å². The van der Waals surface area contributed by atoms with Gasteiger partial charge in [-0.05, 0) is 36.8 Å². The van der Waals surface area contributed by atoms with Crippen LogP contribution in [0.2, 0.25) is 0 Å². The van der Waals surface area contributed by atoms with Gasteiger partial charge in [-0.3, -0.25) is 4.79 Å². The Kier molecular flexibility index (Phi) is 5.45. The largest absolute Gasteiger partial charge is 0.334 e. The van der Waals surface area contributed by atoms with Crippen LogP contribution in [0.4, 0.5) is 5.69 Å². The summed E-state index contributed by atoms with van der Waals surface area (Å²) in [6.07, 6.45) is 2.40. The van der Waals surface area contributed by atoms with Crippen LogP contribution in [0.1, 0.15) is 18.3 Å². The van der Waals surface area contributed by atoms with Gasteiger partial charge < -0.3 is 9.84 Å². The van der Waals surface area contributed by atoms with Gasteiger partial charge in [0.1, 0.15) is 0 Å². The summed E-state index contributed by atoms with van der Waals surface area (Å²) in [5.41, 5.74) is 2.67. The van der Waals surface area contributed by atoms with Crippen LogP contribution in [-0.4, -0.2) is 26.8 Å². The number of thioether (sulfide) groups is 1. The smallest absolute Gasteiger partial charge is 0.259 e. The summed E-state index contributed by atoms with van der Waals surface area (Å²) in [5.74, 6) is 1.35. The highest BCUT2D eigenvalue weighted by molar-refractivity contribution is 7.99. The van der Waals surface area contributed by atoms with Crippen molar-refractivity contribution < 1.29 is 9.32 Å². The summed E-state index contributed by atoms with van der Waals surface area (Å²) < 4.78 is 5.18. The molecule has 128 valence electrons. The second kappa shape index (κ2) is 7.94. The fraction of sp³-hybridized carbons (Fsp3) is 0.222. The molecule has 1 N–H and O–H groups in total. The molecule has 0 aliphatic heterocycles. The van der Waals surface area contributed by atoms with E-state index in [1.807, 2.05) is 50.2 Å². The van der Waals surface area contributed by atoms with E-state index in [0.717, 1.165) is 28.3 Å². The van der Waals surface area contributed by atoms with Crippen LogP contribution >= 0.6 is 11.8 Å². The van der Waals surface area contributed by atoms with Crippen LogP contribution in [0.25, 0.3) is 11.5 Å². The van der Waals surface area contributed by atoms with Gasteiger partial charge in [0.05, 0.1) is 16.3 Å². The third-order valence-electron chi connectivity index (χ3n) is 3.42. The van der Waals surface area contributed by atoms with Gasteiger partial charge in [-0.2, -0.15) is 4.98 Å². The molecule has 0 atom stereocenters. The molecule has 2 aromatic heterocycles. The third-order valence-corrected chi connectivity index (χ3v) is 4.36. The van der Waals surface area contributed by atoms with E-state index in [-0.39, 0.29) is 5.91 Å². The Morgan fingerprint density at radius 2 is 2.16 bits per heavy atom. The number of benzene rings is 1. The van der Waals surface area contributed by atoms with Gasteiger partial charge in [0.2, 0.25) is 5.91 Å². The van der Waals surface area contributed by atoms with Crippen molar-refractivity contribution in [2.24, 2.45) is 0 Å². The number of hydrogen-bond acceptors (Lipinski definition) is 6. The number of rotatable bonds is 6. The van der Waals surface area contributed by atoms with Gasteiger partial charge in [0, 0.05) is 18.3 Å². The third kappa shape index (κ3) is 4.67. The lowest BCUT2D eigenvalue weighted by molar-refractivity contribution is -0.113. The van der Waals surface area contributed by atoms with Gasteiger partial charge in [-0.1, -0.05) is 36.0 Å². The molecule has 25 heavy (non-hydrogen) atoms. The molecule has 3 rings (SSSR count). The summed E-state index contributed by atoms with van der Waals surface area (Å²) in [6.45, 7) is 3.96. The number of carbonyl (C=O) groups is 1. The molecule has 0 radical (unpaired) electrons. The molecule has 0 saturated heterocycles. The average Bonchev–Trinajstić information content (AvgIpc) is 3.10. The maximum absolute atomic E-state index is 12.0. The van der Waals surface area contributed by atoms with Crippen LogP contribution in [0.15, 0.2) is 52.1 Å². The van der Waals surface area contributed by atoms with Gasteiger partial charge >= 0.3 is 0 Å². The normalized spacial score (nSPS) is 10.6. The van der Waals surface area contributed by atoms with Gasteiger partial charge in [0.25, 0.3) is 5.89 Å². The van der Waals surface area contributed by atoms with E-state index in [2.05, 4.69) is 20.4 Å². The first-order chi connectivity index (χ1) is 12.1. The molecule has 7 heteroatoms. The van der Waals surface area contributed by atoms with Gasteiger partial charge in [0.15, 0.2) is 5.82 Å². The van der Waals surface area contributed by atoms with Crippen molar-refractivity contribution in [3.63, 3.8) is 0 Å². The number of aromatic nitrogens is 3. The summed E-state index contributed by atoms with van der Waals surface area (Å²) in [6, 6.07) is 11.4. The minimum atomic E-state index is -0.0639. The zero-order chi connectivity index (χ0) is 17.6. The number of anilines is 1. The van der Waals surface area contributed by atoms with Crippen LogP contribution in [0.5, 0.6) is 0 Å². The SMILES string of the molecule is CCc1noc(-c2ccc(SCC(=O)Nc3cccc(C)c3)nc2)n1. The van der Waals surface area contributed by atoms with Crippen LogP contribution in [0.3, 0.4) is 0 Å². The number of nitrogens with zero attached hydrogens (tertiary/aromatic N) is 3. The van der Waals surface area contributed by atoms with Gasteiger partial charge in [-0.15, -0.1) is 0 Å². The summed E-state index contributed by atoms with van der Waals surface area (Å²) >= 11 is 1.38. The minimum absolute atomic E-state index is 0.0639. The molecule has 0 fully saturated rings. The van der Waals surface area contributed by atoms with Crippen molar-refractivity contribution >= 4 is 23.4 Å². The fourth-order valence-corrected chi connectivity index (χ4v) is 2.81. The molecule has 0 aliphatic carbocycles. The summed E-state index contributed by atoms with van der Waals surface area (Å²) in [7, 11) is 0. The summed E-state index contributed by atoms with van der Waals surface area (Å²) in [4.78, 5) is 20.6. The average molecular weight is 354 g/mol. The maximum atomic E-state index is 12.0. The molecule has 0 bridgehead atoms. The maximum Gasteiger partial charge on any atom is 0.259 e. The van der Waals surface area contributed by atoms with E-state index in [0.29, 0.717) is 17.5 Å². The van der Waals surface area contributed by atoms with E-state index in [4.69, 9.17) is 4.52 Å². The highest BCUT2D eigenvalue weighted by atomic mass is 32.2. The first-order valence-electron chi connectivity index (χ1n) is 7.92. The second-order valence-corrected chi connectivity index (χ2v) is 6.46. The molecule has 0 saturated carbocycles. The molecule has 3 aromatic rings. The molecule has 6 nitrogen and oxygen atoms in total. The van der Waals surface area contributed by atoms with E-state index < -0.39 is 0 Å². The Hall–Kier alpha value is -2.67. The Morgan fingerprint density at radius 3 is 2.84 bits per heavy atom. The van der Waals surface area contributed by atoms with Crippen molar-refractivity contribution in [3.8, 4) is 11.5 Å². The molecule has 0 unspecified atom stereocenters. The zero-order valence-electron chi connectivity index (χ0n) is 14.0. The highest BCUT2D eigenvalue weighted by Crippen LogP contribution is 2.21. The predicted molar refractivity (Wildman–Crippen MR) is 97.4 cm³/mol. The fourth-order valence-electron chi connectivity index (χ4n) is 2.17. The predicted octanol–water partition coefficient (Wildman–Crippen LogP) is 3.73. The van der Waals surface area contributed by atoms with Crippen LogP contribution in [-0.2, 0) is 11.2 Å². The van der Waals surface area contributed by atoms with E-state index >= 15 is 0 Å². The van der Waals surface area contributed by atoms with E-state index in [9.17, 15) is 4.79 Å². The minimum Gasteiger partial charge on any atom is -0.334 e. The quantitative estimate of drug-likeness (QED) is 0.679. The van der Waals surface area contributed by atoms with Crippen LogP contribution < -0.4 is 5.32 Å². The first-order valence-corrected chi connectivity index (χ1v) is 8.91. The lowest BCUT2D eigenvalue weighted by atomic mass is 10.2. The number of hydrogen-bond donors (Lipinski definition) is 1. The van der Waals surface area contributed by atoms with E-state index in [1.54, 1.807) is 6.20 Å². The van der Waals surface area contributed by atoms with E-state index in [1.165, 1.54) is 11.8 Å². The standard InChI is InChI=1S/C18H18N4O2S/c1-3-15-21-18(24-22-15)13-7-8-17(19-10-13)25-11-16(23)20-14-6-4-5-12(2)9-14/h4-10H,3,11H2,1-2H3,(H,20,23). The Bertz CT molecular complexity index is 862. The van der Waals surface area contributed by atoms with Crippen LogP contribution in [0, 0.1) is 6.92 Å². The van der Waals surface area contributed by atoms with Gasteiger partial charge in [-0.25, -0.2) is 4.98 Å². The topological polar surface area (TPSA) is 80.9 Å². The monoisotopic (exact) mass is 354 g/mol. The Balaban J connectivity index is 1.55. The molecule has 0 spiro atoms. The Morgan fingerprint density at radius 1 is 1.28 bits per heavy atom. The lowest BCUT2D eigenvalue weighted by Crippen LogP contribution is -2.14. The van der Waals surface area contributed by atoms with Crippen molar-refractivity contribution in [3.05, 3.63) is 54.0 Å². The van der Waals surface area contributed by atoms with Crippen molar-refractivity contribution in [1.82, 2.24) is 15.1 Å². The molecule has 1 amide bonds. The number of nitrogens with one attached hydrogen (secondary N) is 1. The van der Waals surface area contributed by atoms with Crippen molar-refractivity contribution in [2.75, 3.05) is 11.1 Å². The Labute approximate surface area is 150 Å². The molecular weight excluding hydrogens is 336 g/mol. The highest BCUT2D eigenvalue weighted by Gasteiger charge is 2.09. The number of amides is 1. The summed E-state index contributed by atoms with van der Waals surface area (Å²) in [5, 5.41) is 7.51. The zero-order valence-corrected chi connectivity index (χ0v) is 14.8. The molecular formula is C18H18N4O2S. The van der Waals surface area contributed by atoms with Crippen molar-refractivity contribution in [2.45, 2.75) is 25.3 Å². The molecule has 0 aliphatic rings. The lowest BCUT2D eigenvalue weighted by Gasteiger charge is -2.05. The number of aryl methyl sites for hydroxylation is 2. The molecule has 1 aromatic carbocycles. The number of pyridine rings is 1. The first kappa shape index (κ1) is 17.2. The second-order valence-electron chi connectivity index (χ2n) is 5.46.